The number of hydrogen-bond donors (Lipinski definition) is 4. The van der Waals surface area contributed by atoms with Gasteiger partial charge in [-0.15, -0.1) is 0 Å². The molecule has 0 spiro atoms. The largest absolute Gasteiger partial charge is 0.472 e. The Bertz CT molecular complexity index is 2760. The molecule has 4 N–H and O–H groups in total. The first-order valence-corrected chi connectivity index (χ1v) is 49.8. The minimum Gasteiger partial charge on any atom is -0.463 e. The molecule has 0 aliphatic rings. The maximum Gasteiger partial charge on any atom is 0.472 e. The number of esters is 3. The highest BCUT2D eigenvalue weighted by Crippen LogP contribution is 2.45. The molecule has 0 aromatic rings. The molecule has 5 unspecified atom stereocenters. The van der Waals surface area contributed by atoms with Crippen LogP contribution in [0.5, 0.6) is 0 Å². The van der Waals surface area contributed by atoms with Crippen molar-refractivity contribution in [1.29, 1.82) is 0 Å². The average molecular weight is 1680 g/mol. The third-order valence-corrected chi connectivity index (χ3v) is 21.6. The van der Waals surface area contributed by atoms with Gasteiger partial charge in [0, 0.05) is 19.3 Å². The fourth-order valence-corrected chi connectivity index (χ4v) is 14.3. The van der Waals surface area contributed by atoms with E-state index < -0.39 is 91.5 Å². The van der Waals surface area contributed by atoms with Crippen LogP contribution < -0.4 is 0 Å². The fourth-order valence-electron chi connectivity index (χ4n) is 12.8. The van der Waals surface area contributed by atoms with Gasteiger partial charge < -0.3 is 34.2 Å². The molecule has 0 fully saturated rings. The van der Waals surface area contributed by atoms with Gasteiger partial charge in [-0.2, -0.15) is 0 Å². The van der Waals surface area contributed by atoms with Crippen molar-refractivity contribution in [1.82, 2.24) is 0 Å². The highest BCUT2D eigenvalue weighted by molar-refractivity contribution is 7.47. The lowest BCUT2D eigenvalue weighted by molar-refractivity contribution is -0.161. The maximum atomic E-state index is 13.0. The highest BCUT2D eigenvalue weighted by atomic mass is 31.2. The van der Waals surface area contributed by atoms with Crippen molar-refractivity contribution in [2.45, 2.75) is 411 Å². The molecule has 18 heteroatoms. The highest BCUT2D eigenvalue weighted by Gasteiger charge is 2.29. The summed E-state index contributed by atoms with van der Waals surface area (Å²) in [6.07, 6.45) is 116. The van der Waals surface area contributed by atoms with Crippen LogP contribution in [0.3, 0.4) is 0 Å². The van der Waals surface area contributed by atoms with E-state index in [1.54, 1.807) is 0 Å². The summed E-state index contributed by atoms with van der Waals surface area (Å²) >= 11 is 0. The third-order valence-electron chi connectivity index (χ3n) is 19.7. The van der Waals surface area contributed by atoms with Gasteiger partial charge in [-0.3, -0.25) is 32.5 Å². The zero-order valence-corrected chi connectivity index (χ0v) is 75.9. The number of aliphatic hydroxyl groups is 2. The van der Waals surface area contributed by atoms with Crippen LogP contribution in [0.15, 0.2) is 158 Å². The van der Waals surface area contributed by atoms with Crippen molar-refractivity contribution in [3.63, 3.8) is 0 Å². The van der Waals surface area contributed by atoms with Crippen molar-refractivity contribution >= 4 is 33.6 Å². The van der Waals surface area contributed by atoms with Crippen LogP contribution in [0.2, 0.25) is 0 Å². The molecule has 5 atom stereocenters. The molecule has 0 amide bonds. The molecular formula is C99H170O16P2. The number of phosphoric ester groups is 2. The van der Waals surface area contributed by atoms with Crippen molar-refractivity contribution < 1.29 is 75.8 Å². The molecule has 0 heterocycles. The van der Waals surface area contributed by atoms with Gasteiger partial charge in [-0.1, -0.05) is 391 Å². The van der Waals surface area contributed by atoms with Gasteiger partial charge in [-0.05, 0) is 141 Å². The van der Waals surface area contributed by atoms with Crippen LogP contribution in [0.1, 0.15) is 393 Å². The van der Waals surface area contributed by atoms with E-state index in [0.717, 1.165) is 167 Å². The standard InChI is InChI=1S/C99H170O16P2/c1-4-7-10-13-16-19-22-25-28-31-33-35-37-39-41-43-45-46-48-50-51-53-55-57-59-62-64-67-70-73-76-79-82-85-97(102)109-88-94(100)89-111-116(105,106)112-90-95(101)91-113-117(107,108)114-93-96(115-99(104)87-84-81-78-75-72-69-66-61-30-27-24-21-18-15-12-9-6-3)92-110-98(103)86-83-80-77-74-71-68-65-63-60-58-56-54-52-49-47-44-42-40-38-36-34-32-29-26-23-20-17-14-11-8-5-2/h7-12,16-21,25-30,33-36,39-42,94-96,100-101H,4-6,13-15,22-24,31-32,37-38,43-93H2,1-3H3,(H,105,106)(H,107,108)/b10-7-,11-8-,12-9-,19-16-,20-17-,21-18-,28-25-,29-26-,30-27-,35-33-,36-34-,41-39-,42-40-. The molecule has 0 aromatic carbocycles. The molecule has 0 saturated heterocycles. The molecule has 0 saturated carbocycles. The molecule has 0 rings (SSSR count). The van der Waals surface area contributed by atoms with Gasteiger partial charge in [-0.25, -0.2) is 9.13 Å². The molecule has 117 heavy (non-hydrogen) atoms. The van der Waals surface area contributed by atoms with Gasteiger partial charge in [0.25, 0.3) is 0 Å². The van der Waals surface area contributed by atoms with Gasteiger partial charge in [0.1, 0.15) is 25.4 Å². The summed E-state index contributed by atoms with van der Waals surface area (Å²) in [5.41, 5.74) is 0. The first-order valence-electron chi connectivity index (χ1n) is 46.8. The number of aliphatic hydroxyl groups excluding tert-OH is 2. The maximum absolute atomic E-state index is 13.0. The Labute approximate surface area is 714 Å². The molecule has 0 radical (unpaired) electrons. The molecule has 0 aliphatic carbocycles. The second kappa shape index (κ2) is 90.4. The van der Waals surface area contributed by atoms with Crippen molar-refractivity contribution in [2.75, 3.05) is 39.6 Å². The van der Waals surface area contributed by atoms with Gasteiger partial charge >= 0.3 is 33.6 Å². The van der Waals surface area contributed by atoms with Crippen molar-refractivity contribution in [3.8, 4) is 0 Å². The van der Waals surface area contributed by atoms with Crippen LogP contribution in [0, 0.1) is 0 Å². The summed E-state index contributed by atoms with van der Waals surface area (Å²) in [5.74, 6) is -1.57. The second-order valence-corrected chi connectivity index (χ2v) is 33.9. The quantitative estimate of drug-likeness (QED) is 0.0146. The molecule has 0 aliphatic heterocycles. The summed E-state index contributed by atoms with van der Waals surface area (Å²) in [6.45, 7) is 2.39. The number of unbranched alkanes of at least 4 members (excludes halogenated alkanes) is 39. The van der Waals surface area contributed by atoms with Gasteiger partial charge in [0.15, 0.2) is 6.10 Å². The first kappa shape index (κ1) is 112. The summed E-state index contributed by atoms with van der Waals surface area (Å²) in [5, 5.41) is 20.7. The monoisotopic (exact) mass is 1680 g/mol. The van der Waals surface area contributed by atoms with Crippen LogP contribution in [0.25, 0.3) is 0 Å². The molecule has 0 bridgehead atoms. The van der Waals surface area contributed by atoms with Crippen LogP contribution in [-0.2, 0) is 55.8 Å². The Hall–Kier alpha value is -4.83. The minimum absolute atomic E-state index is 0.0918. The fraction of sp³-hybridized carbons (Fsp3) is 0.707. The number of phosphoric acid groups is 2. The topological polar surface area (TPSA) is 231 Å². The van der Waals surface area contributed by atoms with Crippen molar-refractivity contribution in [3.05, 3.63) is 158 Å². The Kier molecular flexibility index (Phi) is 86.7. The zero-order valence-electron chi connectivity index (χ0n) is 74.1. The van der Waals surface area contributed by atoms with E-state index in [2.05, 4.69) is 179 Å². The predicted octanol–water partition coefficient (Wildman–Crippen LogP) is 28.9. The number of carbonyl (C=O) groups is 3. The van der Waals surface area contributed by atoms with E-state index in [1.807, 2.05) is 0 Å². The third kappa shape index (κ3) is 91.7. The molecule has 672 valence electrons. The minimum atomic E-state index is -4.94. The number of ether oxygens (including phenoxy) is 3. The number of rotatable bonds is 88. The van der Waals surface area contributed by atoms with Crippen LogP contribution in [0.4, 0.5) is 0 Å². The summed E-state index contributed by atoms with van der Waals surface area (Å²) < 4.78 is 61.5. The average Bonchev–Trinajstić information content (AvgIpc) is 0.900. The molecular weight excluding hydrogens is 1510 g/mol. The predicted molar refractivity (Wildman–Crippen MR) is 491 cm³/mol. The van der Waals surface area contributed by atoms with Crippen LogP contribution in [-0.4, -0.2) is 95.9 Å². The van der Waals surface area contributed by atoms with E-state index in [4.69, 9.17) is 32.3 Å². The smallest absolute Gasteiger partial charge is 0.463 e. The van der Waals surface area contributed by atoms with E-state index in [1.165, 1.54) is 167 Å². The lowest BCUT2D eigenvalue weighted by Gasteiger charge is -2.21. The van der Waals surface area contributed by atoms with E-state index >= 15 is 0 Å². The van der Waals surface area contributed by atoms with Crippen molar-refractivity contribution in [2.24, 2.45) is 0 Å². The van der Waals surface area contributed by atoms with Gasteiger partial charge in [0.05, 0.1) is 26.4 Å². The van der Waals surface area contributed by atoms with Crippen LogP contribution >= 0.6 is 15.6 Å². The molecule has 0 aromatic heterocycles. The summed E-state index contributed by atoms with van der Waals surface area (Å²) in [7, 11) is -9.81. The number of carbonyl (C=O) groups excluding carboxylic acids is 3. The second-order valence-electron chi connectivity index (χ2n) is 31.0. The summed E-state index contributed by atoms with van der Waals surface area (Å²) in [4.78, 5) is 59.0. The first-order chi connectivity index (χ1) is 57.2. The lowest BCUT2D eigenvalue weighted by Crippen LogP contribution is -2.30. The van der Waals surface area contributed by atoms with E-state index in [-0.39, 0.29) is 19.3 Å². The van der Waals surface area contributed by atoms with E-state index in [9.17, 15) is 43.5 Å². The van der Waals surface area contributed by atoms with Gasteiger partial charge in [0.2, 0.25) is 0 Å². The number of allylic oxidation sites excluding steroid dienone is 26. The Morgan fingerprint density at radius 3 is 0.675 bits per heavy atom. The van der Waals surface area contributed by atoms with E-state index in [0.29, 0.717) is 19.3 Å². The normalized spacial score (nSPS) is 14.5. The SMILES string of the molecule is CC/C=C\C/C=C\C/C=C\C/C=C\C/C=C\CCCCCCCCCCCCCCCCCCCC(=O)OCC(O)COP(=O)(O)OCC(O)COP(=O)(O)OCC(COC(=O)CCCCCCCCCCCCCCCCC/C=C\C/C=C\C/C=C\C/C=C\C/C=C\CC)OC(=O)CCCCCCCCC/C=C\C/C=C\C/C=C\CC. The Morgan fingerprint density at radius 2 is 0.427 bits per heavy atom. The lowest BCUT2D eigenvalue weighted by atomic mass is 10.0. The Morgan fingerprint density at radius 1 is 0.239 bits per heavy atom. The zero-order chi connectivity index (χ0) is 85.1. The Balaban J connectivity index is 4.48. The number of hydrogen-bond acceptors (Lipinski definition) is 14. The summed E-state index contributed by atoms with van der Waals surface area (Å²) in [6, 6.07) is 0. The molecule has 16 nitrogen and oxygen atoms in total.